The van der Waals surface area contributed by atoms with Gasteiger partial charge in [-0.25, -0.2) is 23.4 Å². The summed E-state index contributed by atoms with van der Waals surface area (Å²) in [5.74, 6) is 1.81. The SMILES string of the molecule is CN(C)C1CN(S(=O)(=O)c2cc(-c3ccc4c(c3)CN(c3ncnc5c3CC(C)(C)CC5)CCO4)cnc2N)C1. The summed E-state index contributed by atoms with van der Waals surface area (Å²) in [4.78, 5) is 18.0. The van der Waals surface area contributed by atoms with Crippen molar-refractivity contribution in [2.75, 3.05) is 51.0 Å². The van der Waals surface area contributed by atoms with Crippen LogP contribution >= 0.6 is 0 Å². The quantitative estimate of drug-likeness (QED) is 0.500. The summed E-state index contributed by atoms with van der Waals surface area (Å²) in [6.07, 6.45) is 6.34. The maximum atomic E-state index is 13.4. The van der Waals surface area contributed by atoms with Crippen molar-refractivity contribution in [3.63, 3.8) is 0 Å². The number of sulfonamides is 1. The molecule has 0 radical (unpaired) electrons. The van der Waals surface area contributed by atoms with Crippen molar-refractivity contribution in [2.24, 2.45) is 5.41 Å². The third kappa shape index (κ3) is 4.90. The van der Waals surface area contributed by atoms with E-state index in [-0.39, 0.29) is 22.2 Å². The molecule has 6 rings (SSSR count). The van der Waals surface area contributed by atoms with Crippen molar-refractivity contribution in [3.8, 4) is 16.9 Å². The van der Waals surface area contributed by atoms with Gasteiger partial charge in [-0.3, -0.25) is 0 Å². The molecule has 10 nitrogen and oxygen atoms in total. The second-order valence-electron chi connectivity index (χ2n) is 12.1. The van der Waals surface area contributed by atoms with Crippen molar-refractivity contribution < 1.29 is 13.2 Å². The van der Waals surface area contributed by atoms with Crippen LogP contribution < -0.4 is 15.4 Å². The molecule has 1 saturated heterocycles. The summed E-state index contributed by atoms with van der Waals surface area (Å²) in [6.45, 7) is 7.37. The molecular weight excluding hydrogens is 526 g/mol. The molecule has 1 fully saturated rings. The fourth-order valence-corrected chi connectivity index (χ4v) is 7.39. The summed E-state index contributed by atoms with van der Waals surface area (Å²) in [5.41, 5.74) is 11.2. The Balaban J connectivity index is 1.30. The molecule has 0 saturated carbocycles. The van der Waals surface area contributed by atoms with Crippen LogP contribution in [0.1, 0.15) is 37.1 Å². The number of rotatable bonds is 5. The minimum Gasteiger partial charge on any atom is -0.491 e. The molecule has 2 aromatic heterocycles. The number of aryl methyl sites for hydroxylation is 1. The lowest BCUT2D eigenvalue weighted by molar-refractivity contribution is 0.134. The normalized spacial score (nSPS) is 19.4. The Labute approximate surface area is 236 Å². The molecule has 0 spiro atoms. The van der Waals surface area contributed by atoms with Gasteiger partial charge in [-0.2, -0.15) is 4.31 Å². The molecule has 4 heterocycles. The van der Waals surface area contributed by atoms with Crippen LogP contribution in [-0.2, 0) is 29.4 Å². The van der Waals surface area contributed by atoms with E-state index in [0.29, 0.717) is 38.3 Å². The van der Waals surface area contributed by atoms with Crippen molar-refractivity contribution in [1.82, 2.24) is 24.2 Å². The molecule has 0 unspecified atom stereocenters. The van der Waals surface area contributed by atoms with Gasteiger partial charge < -0.3 is 20.3 Å². The predicted molar refractivity (Wildman–Crippen MR) is 155 cm³/mol. The Morgan fingerprint density at radius 1 is 1.10 bits per heavy atom. The van der Waals surface area contributed by atoms with E-state index >= 15 is 0 Å². The lowest BCUT2D eigenvalue weighted by atomic mass is 9.76. The van der Waals surface area contributed by atoms with Gasteiger partial charge >= 0.3 is 0 Å². The summed E-state index contributed by atoms with van der Waals surface area (Å²) >= 11 is 0. The zero-order chi connectivity index (χ0) is 28.2. The van der Waals surface area contributed by atoms with Gasteiger partial charge in [0.15, 0.2) is 0 Å². The van der Waals surface area contributed by atoms with Crippen LogP contribution in [0, 0.1) is 5.41 Å². The number of likely N-dealkylation sites (N-methyl/N-ethyl adjacent to an activating group) is 1. The lowest BCUT2D eigenvalue weighted by Crippen LogP contribution is -2.59. The second kappa shape index (κ2) is 9.97. The largest absolute Gasteiger partial charge is 0.491 e. The van der Waals surface area contributed by atoms with Gasteiger partial charge in [-0.1, -0.05) is 19.9 Å². The van der Waals surface area contributed by atoms with Gasteiger partial charge in [-0.15, -0.1) is 0 Å². The molecule has 212 valence electrons. The Hall–Kier alpha value is -3.28. The van der Waals surface area contributed by atoms with Crippen molar-refractivity contribution in [1.29, 1.82) is 0 Å². The van der Waals surface area contributed by atoms with E-state index in [1.54, 1.807) is 18.6 Å². The van der Waals surface area contributed by atoms with Gasteiger partial charge in [0.1, 0.15) is 35.2 Å². The Bertz CT molecular complexity index is 1550. The number of nitrogens with two attached hydrogens (primary N) is 1. The van der Waals surface area contributed by atoms with E-state index in [1.807, 2.05) is 31.1 Å². The summed E-state index contributed by atoms with van der Waals surface area (Å²) in [5, 5.41) is 0. The monoisotopic (exact) mass is 563 g/mol. The highest BCUT2D eigenvalue weighted by Crippen LogP contribution is 2.39. The zero-order valence-corrected chi connectivity index (χ0v) is 24.4. The number of benzene rings is 1. The first kappa shape index (κ1) is 26.9. The number of hydrogen-bond acceptors (Lipinski definition) is 9. The standard InChI is InChI=1S/C29H37N7O3S/c1-29(2)8-7-24-23(13-29)28(33-18-32-24)35-9-10-39-25-6-5-19(11-21(25)15-35)20-12-26(27(30)31-14-20)40(37,38)36-16-22(17-36)34(3)4/h5-6,11-12,14,18,22H,7-10,13,15-17H2,1-4H3,(H2,30,31). The Kier molecular flexibility index (Phi) is 6.71. The van der Waals surface area contributed by atoms with Crippen LogP contribution in [0.15, 0.2) is 41.7 Å². The van der Waals surface area contributed by atoms with E-state index in [9.17, 15) is 8.42 Å². The molecule has 11 heteroatoms. The lowest BCUT2D eigenvalue weighted by Gasteiger charge is -2.41. The zero-order valence-electron chi connectivity index (χ0n) is 23.6. The van der Waals surface area contributed by atoms with Crippen molar-refractivity contribution >= 4 is 21.7 Å². The number of fused-ring (bicyclic) bond motifs is 2. The third-order valence-corrected chi connectivity index (χ3v) is 10.3. The van der Waals surface area contributed by atoms with E-state index in [0.717, 1.165) is 47.7 Å². The van der Waals surface area contributed by atoms with Gasteiger partial charge in [0.2, 0.25) is 10.0 Å². The Morgan fingerprint density at radius 3 is 2.67 bits per heavy atom. The second-order valence-corrected chi connectivity index (χ2v) is 14.0. The minimum atomic E-state index is -3.74. The minimum absolute atomic E-state index is 0.0118. The molecule has 1 aromatic carbocycles. The van der Waals surface area contributed by atoms with Crippen LogP contribution in [0.3, 0.4) is 0 Å². The number of nitrogens with zero attached hydrogens (tertiary/aromatic N) is 6. The first-order valence-electron chi connectivity index (χ1n) is 13.8. The van der Waals surface area contributed by atoms with Crippen LogP contribution in [0.4, 0.5) is 11.6 Å². The van der Waals surface area contributed by atoms with Crippen LogP contribution in [0.5, 0.6) is 5.75 Å². The maximum absolute atomic E-state index is 13.4. The first-order chi connectivity index (χ1) is 19.0. The average molecular weight is 564 g/mol. The van der Waals surface area contributed by atoms with Gasteiger partial charge in [-0.05, 0) is 62.5 Å². The van der Waals surface area contributed by atoms with Crippen molar-refractivity contribution in [3.05, 3.63) is 53.6 Å². The number of hydrogen-bond donors (Lipinski definition) is 1. The van der Waals surface area contributed by atoms with Gasteiger partial charge in [0.25, 0.3) is 0 Å². The number of pyridine rings is 1. The third-order valence-electron chi connectivity index (χ3n) is 8.44. The highest BCUT2D eigenvalue weighted by molar-refractivity contribution is 7.89. The molecule has 1 aliphatic carbocycles. The molecular formula is C29H37N7O3S. The summed E-state index contributed by atoms with van der Waals surface area (Å²) < 4.78 is 34.3. The average Bonchev–Trinajstić information content (AvgIpc) is 3.08. The Morgan fingerprint density at radius 2 is 1.90 bits per heavy atom. The van der Waals surface area contributed by atoms with Crippen LogP contribution in [0.2, 0.25) is 0 Å². The number of aromatic nitrogens is 3. The molecule has 0 amide bonds. The van der Waals surface area contributed by atoms with E-state index in [1.165, 1.54) is 9.87 Å². The fraction of sp³-hybridized carbons (Fsp3) is 0.483. The molecule has 3 aromatic rings. The topological polar surface area (TPSA) is 118 Å². The molecule has 0 bridgehead atoms. The highest BCUT2D eigenvalue weighted by atomic mass is 32.2. The maximum Gasteiger partial charge on any atom is 0.246 e. The van der Waals surface area contributed by atoms with Gasteiger partial charge in [0.05, 0.1) is 6.54 Å². The van der Waals surface area contributed by atoms with Crippen molar-refractivity contribution in [2.45, 2.75) is 50.6 Å². The van der Waals surface area contributed by atoms with E-state index in [2.05, 4.69) is 34.8 Å². The van der Waals surface area contributed by atoms with Crippen LogP contribution in [0.25, 0.3) is 11.1 Å². The number of nitrogen functional groups attached to an aromatic ring is 1. The highest BCUT2D eigenvalue weighted by Gasteiger charge is 2.39. The molecule has 2 aliphatic heterocycles. The van der Waals surface area contributed by atoms with Gasteiger partial charge in [0, 0.05) is 54.3 Å². The van der Waals surface area contributed by atoms with Crippen LogP contribution in [-0.4, -0.2) is 79.0 Å². The number of ether oxygens (including phenoxy) is 1. The van der Waals surface area contributed by atoms with E-state index < -0.39 is 10.0 Å². The predicted octanol–water partition coefficient (Wildman–Crippen LogP) is 2.97. The van der Waals surface area contributed by atoms with E-state index in [4.69, 9.17) is 15.5 Å². The number of anilines is 2. The molecule has 2 N–H and O–H groups in total. The fourth-order valence-electron chi connectivity index (χ4n) is 5.78. The molecule has 40 heavy (non-hydrogen) atoms. The first-order valence-corrected chi connectivity index (χ1v) is 15.2. The molecule has 0 atom stereocenters. The smallest absolute Gasteiger partial charge is 0.246 e. The summed E-state index contributed by atoms with van der Waals surface area (Å²) in [6, 6.07) is 7.79. The summed E-state index contributed by atoms with van der Waals surface area (Å²) in [7, 11) is 0.162. The molecule has 3 aliphatic rings.